The van der Waals surface area contributed by atoms with Gasteiger partial charge in [0.05, 0.1) is 11.9 Å². The van der Waals surface area contributed by atoms with E-state index >= 15 is 0 Å². The van der Waals surface area contributed by atoms with E-state index in [1.165, 1.54) is 6.26 Å². The Morgan fingerprint density at radius 2 is 1.89 bits per heavy atom. The number of sulfone groups is 1. The van der Waals surface area contributed by atoms with Crippen LogP contribution in [0.1, 0.15) is 52.4 Å². The summed E-state index contributed by atoms with van der Waals surface area (Å²) in [5.41, 5.74) is 0. The van der Waals surface area contributed by atoms with Crippen molar-refractivity contribution in [2.75, 3.05) is 19.4 Å². The van der Waals surface area contributed by atoms with Crippen molar-refractivity contribution in [1.82, 2.24) is 4.90 Å². The fourth-order valence-corrected chi connectivity index (χ4v) is 4.51. The summed E-state index contributed by atoms with van der Waals surface area (Å²) in [5.74, 6) is 0. The molecule has 0 aromatic carbocycles. The van der Waals surface area contributed by atoms with Crippen LogP contribution in [0.4, 0.5) is 0 Å². The predicted octanol–water partition coefficient (Wildman–Crippen LogP) is 1.83. The van der Waals surface area contributed by atoms with Crippen LogP contribution in [0.3, 0.4) is 0 Å². The molecule has 4 nitrogen and oxygen atoms in total. The third kappa shape index (κ3) is 4.72. The topological polar surface area (TPSA) is 57.6 Å². The highest BCUT2D eigenvalue weighted by Crippen LogP contribution is 2.29. The molecule has 0 aromatic rings. The Labute approximate surface area is 118 Å². The Balaban J connectivity index is 2.78. The fourth-order valence-electron chi connectivity index (χ4n) is 3.35. The number of nitrogens with zero attached hydrogens (tertiary/aromatic N) is 1. The molecule has 0 spiro atoms. The Kier molecular flexibility index (Phi) is 6.77. The number of hydrogen-bond acceptors (Lipinski definition) is 4. The largest absolute Gasteiger partial charge is 0.395 e. The zero-order valence-corrected chi connectivity index (χ0v) is 13.3. The molecule has 1 aliphatic carbocycles. The molecule has 0 aromatic heterocycles. The summed E-state index contributed by atoms with van der Waals surface area (Å²) in [7, 11) is -2.94. The van der Waals surface area contributed by atoms with E-state index in [2.05, 4.69) is 18.7 Å². The maximum Gasteiger partial charge on any atom is 0.150 e. The van der Waals surface area contributed by atoms with Crippen molar-refractivity contribution in [3.63, 3.8) is 0 Å². The molecule has 2 atom stereocenters. The molecule has 1 rings (SSSR count). The van der Waals surface area contributed by atoms with Gasteiger partial charge in [-0.3, -0.25) is 4.90 Å². The van der Waals surface area contributed by atoms with Crippen molar-refractivity contribution in [3.05, 3.63) is 0 Å². The van der Waals surface area contributed by atoms with Crippen molar-refractivity contribution < 1.29 is 13.5 Å². The van der Waals surface area contributed by atoms with Gasteiger partial charge in [-0.1, -0.05) is 20.3 Å². The quantitative estimate of drug-likeness (QED) is 0.777. The molecule has 0 amide bonds. The first-order valence-corrected chi connectivity index (χ1v) is 9.44. The molecule has 0 bridgehead atoms. The van der Waals surface area contributed by atoms with E-state index in [1.807, 2.05) is 0 Å². The molecule has 1 aliphatic rings. The Morgan fingerprint density at radius 1 is 1.26 bits per heavy atom. The van der Waals surface area contributed by atoms with E-state index in [0.29, 0.717) is 18.6 Å². The van der Waals surface area contributed by atoms with Gasteiger partial charge in [0.1, 0.15) is 9.84 Å². The van der Waals surface area contributed by atoms with Crippen LogP contribution in [0, 0.1) is 0 Å². The molecular formula is C14H29NO3S. The van der Waals surface area contributed by atoms with Gasteiger partial charge in [-0.25, -0.2) is 8.42 Å². The van der Waals surface area contributed by atoms with Gasteiger partial charge >= 0.3 is 0 Å². The van der Waals surface area contributed by atoms with Gasteiger partial charge in [0.15, 0.2) is 0 Å². The Hall–Kier alpha value is -0.130. The Morgan fingerprint density at radius 3 is 2.37 bits per heavy atom. The lowest BCUT2D eigenvalue weighted by molar-refractivity contribution is 0.0768. The number of rotatable bonds is 7. The van der Waals surface area contributed by atoms with Gasteiger partial charge in [0.2, 0.25) is 0 Å². The summed E-state index contributed by atoms with van der Waals surface area (Å²) in [4.78, 5) is 2.34. The minimum absolute atomic E-state index is 0.149. The molecular weight excluding hydrogens is 262 g/mol. The first kappa shape index (κ1) is 16.9. The lowest BCUT2D eigenvalue weighted by atomic mass is 9.92. The van der Waals surface area contributed by atoms with Crippen LogP contribution in [-0.4, -0.2) is 55.2 Å². The molecule has 5 heteroatoms. The highest BCUT2D eigenvalue weighted by molar-refractivity contribution is 7.91. The number of aliphatic hydroxyl groups is 1. The Bertz CT molecular complexity index is 352. The number of hydrogen-bond donors (Lipinski definition) is 1. The van der Waals surface area contributed by atoms with E-state index in [0.717, 1.165) is 38.5 Å². The van der Waals surface area contributed by atoms with Gasteiger partial charge < -0.3 is 5.11 Å². The van der Waals surface area contributed by atoms with Crippen LogP contribution in [0.15, 0.2) is 0 Å². The second kappa shape index (κ2) is 7.60. The van der Waals surface area contributed by atoms with E-state index in [9.17, 15) is 13.5 Å². The summed E-state index contributed by atoms with van der Waals surface area (Å²) >= 11 is 0. The third-order valence-corrected chi connectivity index (χ3v) is 6.08. The highest BCUT2D eigenvalue weighted by Gasteiger charge is 2.33. The lowest BCUT2D eigenvalue weighted by Crippen LogP contribution is -2.48. The smallest absolute Gasteiger partial charge is 0.150 e. The second-order valence-corrected chi connectivity index (χ2v) is 8.03. The monoisotopic (exact) mass is 291 g/mol. The van der Waals surface area contributed by atoms with Gasteiger partial charge in [-0.15, -0.1) is 0 Å². The summed E-state index contributed by atoms with van der Waals surface area (Å²) in [5, 5.41) is 9.08. The molecule has 0 radical (unpaired) electrons. The van der Waals surface area contributed by atoms with Crippen molar-refractivity contribution in [2.45, 2.75) is 69.7 Å². The molecule has 2 unspecified atom stereocenters. The van der Waals surface area contributed by atoms with Gasteiger partial charge in [-0.05, 0) is 32.1 Å². The van der Waals surface area contributed by atoms with Gasteiger partial charge in [-0.2, -0.15) is 0 Å². The maximum absolute atomic E-state index is 11.8. The van der Waals surface area contributed by atoms with Crippen LogP contribution in [0.25, 0.3) is 0 Å². The predicted molar refractivity (Wildman–Crippen MR) is 79.0 cm³/mol. The standard InChI is InChI=1S/C14H29NO3S/c1-4-12(5-2)15(9-10-16)13-7-6-8-14(11-13)19(3,17)18/h12-14,16H,4-11H2,1-3H3. The van der Waals surface area contributed by atoms with E-state index in [-0.39, 0.29) is 11.9 Å². The molecule has 0 saturated heterocycles. The second-order valence-electron chi connectivity index (χ2n) is 5.70. The average molecular weight is 291 g/mol. The molecule has 1 N–H and O–H groups in total. The maximum atomic E-state index is 11.8. The van der Waals surface area contributed by atoms with Crippen molar-refractivity contribution >= 4 is 9.84 Å². The van der Waals surface area contributed by atoms with Crippen LogP contribution in [0.2, 0.25) is 0 Å². The third-order valence-electron chi connectivity index (χ3n) is 4.44. The molecule has 114 valence electrons. The van der Waals surface area contributed by atoms with Crippen molar-refractivity contribution in [2.24, 2.45) is 0 Å². The average Bonchev–Trinajstić information content (AvgIpc) is 2.38. The van der Waals surface area contributed by atoms with E-state index in [1.54, 1.807) is 0 Å². The summed E-state index contributed by atoms with van der Waals surface area (Å²) < 4.78 is 23.5. The van der Waals surface area contributed by atoms with Gasteiger partial charge in [0.25, 0.3) is 0 Å². The summed E-state index contributed by atoms with van der Waals surface area (Å²) in [6.45, 7) is 5.13. The van der Waals surface area contributed by atoms with Crippen LogP contribution >= 0.6 is 0 Å². The van der Waals surface area contributed by atoms with Crippen molar-refractivity contribution in [1.29, 1.82) is 0 Å². The molecule has 0 aliphatic heterocycles. The van der Waals surface area contributed by atoms with Crippen LogP contribution in [-0.2, 0) is 9.84 Å². The van der Waals surface area contributed by atoms with Crippen LogP contribution in [0.5, 0.6) is 0 Å². The molecule has 19 heavy (non-hydrogen) atoms. The number of aliphatic hydroxyl groups excluding tert-OH is 1. The minimum Gasteiger partial charge on any atom is -0.395 e. The summed E-state index contributed by atoms with van der Waals surface area (Å²) in [6, 6.07) is 0.765. The first-order chi connectivity index (χ1) is 8.93. The highest BCUT2D eigenvalue weighted by atomic mass is 32.2. The zero-order chi connectivity index (χ0) is 14.5. The van der Waals surface area contributed by atoms with Crippen LogP contribution < -0.4 is 0 Å². The molecule has 0 heterocycles. The lowest BCUT2D eigenvalue weighted by Gasteiger charge is -2.41. The van der Waals surface area contributed by atoms with E-state index in [4.69, 9.17) is 0 Å². The SMILES string of the molecule is CCC(CC)N(CCO)C1CCCC(S(C)(=O)=O)C1. The van der Waals surface area contributed by atoms with E-state index < -0.39 is 9.84 Å². The minimum atomic E-state index is -2.94. The normalized spacial score (nSPS) is 25.2. The summed E-state index contributed by atoms with van der Waals surface area (Å²) in [6.07, 6.45) is 7.02. The van der Waals surface area contributed by atoms with Gasteiger partial charge in [0, 0.05) is 24.9 Å². The fraction of sp³-hybridized carbons (Fsp3) is 1.00. The molecule has 1 saturated carbocycles. The molecule has 1 fully saturated rings. The van der Waals surface area contributed by atoms with Crippen molar-refractivity contribution in [3.8, 4) is 0 Å². The zero-order valence-electron chi connectivity index (χ0n) is 12.5. The first-order valence-electron chi connectivity index (χ1n) is 7.49.